The molecular formula is C11H10N2O. The average Bonchev–Trinajstić information content (AvgIpc) is 2.67. The van der Waals surface area contributed by atoms with E-state index in [1.165, 1.54) is 0 Å². The second kappa shape index (κ2) is 3.95. The third kappa shape index (κ3) is 1.61. The maximum Gasteiger partial charge on any atom is 0.137 e. The van der Waals surface area contributed by atoms with Crippen LogP contribution in [0.4, 0.5) is 0 Å². The molecule has 0 spiro atoms. The van der Waals surface area contributed by atoms with E-state index in [4.69, 9.17) is 5.11 Å². The van der Waals surface area contributed by atoms with Crippen molar-refractivity contribution in [2.45, 2.75) is 6.42 Å². The van der Waals surface area contributed by atoms with Gasteiger partial charge in [-0.3, -0.25) is 4.40 Å². The third-order valence-corrected chi connectivity index (χ3v) is 1.88. The summed E-state index contributed by atoms with van der Waals surface area (Å²) in [6.07, 6.45) is 4.12. The number of aliphatic hydroxyl groups excluding tert-OH is 1. The molecule has 0 aliphatic carbocycles. The van der Waals surface area contributed by atoms with Crippen LogP contribution in [0.25, 0.3) is 5.65 Å². The summed E-state index contributed by atoms with van der Waals surface area (Å²) in [5, 5.41) is 8.60. The Morgan fingerprint density at radius 2 is 2.36 bits per heavy atom. The highest BCUT2D eigenvalue weighted by Crippen LogP contribution is 2.04. The first kappa shape index (κ1) is 8.79. The van der Waals surface area contributed by atoms with Gasteiger partial charge in [0.1, 0.15) is 5.65 Å². The minimum atomic E-state index is 0.104. The minimum Gasteiger partial charge on any atom is -0.395 e. The van der Waals surface area contributed by atoms with Crippen LogP contribution in [0.1, 0.15) is 12.1 Å². The van der Waals surface area contributed by atoms with Crippen LogP contribution in [0.5, 0.6) is 0 Å². The fourth-order valence-corrected chi connectivity index (χ4v) is 1.26. The van der Waals surface area contributed by atoms with E-state index in [9.17, 15) is 0 Å². The predicted molar refractivity (Wildman–Crippen MR) is 53.8 cm³/mol. The molecule has 0 radical (unpaired) electrons. The number of hydrogen-bond acceptors (Lipinski definition) is 2. The van der Waals surface area contributed by atoms with Crippen molar-refractivity contribution in [2.75, 3.05) is 6.61 Å². The summed E-state index contributed by atoms with van der Waals surface area (Å²) in [7, 11) is 0. The van der Waals surface area contributed by atoms with Crippen LogP contribution in [0.15, 0.2) is 30.6 Å². The Balaban J connectivity index is 2.43. The summed E-state index contributed by atoms with van der Waals surface area (Å²) in [5.74, 6) is 5.87. The van der Waals surface area contributed by atoms with Crippen LogP contribution < -0.4 is 0 Å². The summed E-state index contributed by atoms with van der Waals surface area (Å²) >= 11 is 0. The highest BCUT2D eigenvalue weighted by Gasteiger charge is 1.95. The molecule has 14 heavy (non-hydrogen) atoms. The molecule has 0 saturated heterocycles. The molecule has 70 valence electrons. The van der Waals surface area contributed by atoms with Crippen LogP contribution >= 0.6 is 0 Å². The van der Waals surface area contributed by atoms with E-state index < -0.39 is 0 Å². The molecule has 0 bridgehead atoms. The van der Waals surface area contributed by atoms with Crippen LogP contribution in [0, 0.1) is 11.8 Å². The van der Waals surface area contributed by atoms with Crippen molar-refractivity contribution in [3.8, 4) is 11.8 Å². The van der Waals surface area contributed by atoms with Crippen molar-refractivity contribution in [1.82, 2.24) is 9.38 Å². The van der Waals surface area contributed by atoms with Gasteiger partial charge in [-0.1, -0.05) is 12.0 Å². The Morgan fingerprint density at radius 1 is 1.43 bits per heavy atom. The smallest absolute Gasteiger partial charge is 0.137 e. The van der Waals surface area contributed by atoms with E-state index >= 15 is 0 Å². The Bertz CT molecular complexity index is 490. The van der Waals surface area contributed by atoms with E-state index in [1.807, 2.05) is 28.8 Å². The molecule has 1 N–H and O–H groups in total. The van der Waals surface area contributed by atoms with E-state index in [0.717, 1.165) is 11.3 Å². The van der Waals surface area contributed by atoms with E-state index in [-0.39, 0.29) is 6.61 Å². The van der Waals surface area contributed by atoms with Crippen molar-refractivity contribution in [3.63, 3.8) is 0 Å². The van der Waals surface area contributed by atoms with Gasteiger partial charge in [-0.15, -0.1) is 0 Å². The maximum absolute atomic E-state index is 8.60. The number of rotatable bonds is 1. The lowest BCUT2D eigenvalue weighted by Crippen LogP contribution is -1.89. The number of nitrogens with zero attached hydrogens (tertiary/aromatic N) is 2. The first-order valence-corrected chi connectivity index (χ1v) is 4.43. The van der Waals surface area contributed by atoms with Gasteiger partial charge in [-0.05, 0) is 18.1 Å². The number of aliphatic hydroxyl groups is 1. The zero-order chi connectivity index (χ0) is 9.80. The molecule has 0 amide bonds. The van der Waals surface area contributed by atoms with Crippen molar-refractivity contribution < 1.29 is 5.11 Å². The number of imidazole rings is 1. The predicted octanol–water partition coefficient (Wildman–Crippen LogP) is 1.07. The van der Waals surface area contributed by atoms with Gasteiger partial charge in [0.05, 0.1) is 12.3 Å². The monoisotopic (exact) mass is 186 g/mol. The van der Waals surface area contributed by atoms with Crippen LogP contribution in [0.2, 0.25) is 0 Å². The molecular weight excluding hydrogens is 176 g/mol. The summed E-state index contributed by atoms with van der Waals surface area (Å²) in [6.45, 7) is 0.104. The van der Waals surface area contributed by atoms with Gasteiger partial charge in [-0.2, -0.15) is 0 Å². The molecule has 0 atom stereocenters. The highest BCUT2D eigenvalue weighted by molar-refractivity contribution is 5.44. The first-order chi connectivity index (χ1) is 6.92. The average molecular weight is 186 g/mol. The van der Waals surface area contributed by atoms with Gasteiger partial charge in [0, 0.05) is 18.8 Å². The van der Waals surface area contributed by atoms with Gasteiger partial charge >= 0.3 is 0 Å². The molecule has 2 heterocycles. The number of pyridine rings is 1. The normalized spacial score (nSPS) is 9.79. The molecule has 2 aromatic rings. The molecule has 0 aliphatic rings. The van der Waals surface area contributed by atoms with Gasteiger partial charge in [0.2, 0.25) is 0 Å². The van der Waals surface area contributed by atoms with Gasteiger partial charge in [-0.25, -0.2) is 4.98 Å². The maximum atomic E-state index is 8.60. The minimum absolute atomic E-state index is 0.104. The fraction of sp³-hybridized carbons (Fsp3) is 0.182. The molecule has 0 unspecified atom stereocenters. The molecule has 0 saturated carbocycles. The van der Waals surface area contributed by atoms with Crippen molar-refractivity contribution in [2.24, 2.45) is 0 Å². The molecule has 0 fully saturated rings. The van der Waals surface area contributed by atoms with Crippen molar-refractivity contribution in [1.29, 1.82) is 0 Å². The van der Waals surface area contributed by atoms with Gasteiger partial charge in [0.25, 0.3) is 0 Å². The van der Waals surface area contributed by atoms with E-state index in [2.05, 4.69) is 16.8 Å². The molecule has 3 heteroatoms. The number of fused-ring (bicyclic) bond motifs is 1. The van der Waals surface area contributed by atoms with Gasteiger partial charge in [0.15, 0.2) is 0 Å². The van der Waals surface area contributed by atoms with Crippen LogP contribution in [0.3, 0.4) is 0 Å². The Kier molecular flexibility index (Phi) is 2.48. The standard InChI is InChI=1S/C11H10N2O/c14-9-2-1-4-10-5-3-6-11-12-7-8-13(10)11/h3,5-8,14H,2,9H2. The van der Waals surface area contributed by atoms with Crippen molar-refractivity contribution in [3.05, 3.63) is 36.3 Å². The molecule has 2 aromatic heterocycles. The van der Waals surface area contributed by atoms with E-state index in [0.29, 0.717) is 6.42 Å². The van der Waals surface area contributed by atoms with Crippen LogP contribution in [-0.2, 0) is 0 Å². The second-order valence-electron chi connectivity index (χ2n) is 2.84. The molecule has 3 nitrogen and oxygen atoms in total. The summed E-state index contributed by atoms with van der Waals surface area (Å²) in [4.78, 5) is 4.15. The summed E-state index contributed by atoms with van der Waals surface area (Å²) in [5.41, 5.74) is 1.79. The van der Waals surface area contributed by atoms with Crippen LogP contribution in [-0.4, -0.2) is 21.1 Å². The quantitative estimate of drug-likeness (QED) is 0.676. The Hall–Kier alpha value is -1.79. The SMILES string of the molecule is OCCC#Cc1cccc2nccn12. The van der Waals surface area contributed by atoms with E-state index in [1.54, 1.807) is 6.20 Å². The molecule has 0 aliphatic heterocycles. The fourth-order valence-electron chi connectivity index (χ4n) is 1.26. The second-order valence-corrected chi connectivity index (χ2v) is 2.84. The topological polar surface area (TPSA) is 37.5 Å². The lowest BCUT2D eigenvalue weighted by molar-refractivity contribution is 0.305. The van der Waals surface area contributed by atoms with Gasteiger partial charge < -0.3 is 5.11 Å². The first-order valence-electron chi connectivity index (χ1n) is 4.43. The Labute approximate surface area is 82.0 Å². The lowest BCUT2D eigenvalue weighted by Gasteiger charge is -1.95. The Morgan fingerprint density at radius 3 is 3.21 bits per heavy atom. The highest BCUT2D eigenvalue weighted by atomic mass is 16.2. The zero-order valence-electron chi connectivity index (χ0n) is 7.64. The van der Waals surface area contributed by atoms with Crippen molar-refractivity contribution >= 4 is 5.65 Å². The zero-order valence-corrected chi connectivity index (χ0v) is 7.64. The molecule has 2 rings (SSSR count). The largest absolute Gasteiger partial charge is 0.395 e. The number of hydrogen-bond donors (Lipinski definition) is 1. The summed E-state index contributed by atoms with van der Waals surface area (Å²) < 4.78 is 1.92. The summed E-state index contributed by atoms with van der Waals surface area (Å²) in [6, 6.07) is 5.78. The third-order valence-electron chi connectivity index (χ3n) is 1.88. The lowest BCUT2D eigenvalue weighted by atomic mass is 10.3. The number of aromatic nitrogens is 2. The molecule has 0 aromatic carbocycles.